The summed E-state index contributed by atoms with van der Waals surface area (Å²) in [5, 5.41) is 8.19. The first-order chi connectivity index (χ1) is 14.7. The molecule has 30 heavy (non-hydrogen) atoms. The van der Waals surface area contributed by atoms with Gasteiger partial charge in [-0.15, -0.1) is 10.2 Å². The second-order valence-electron chi connectivity index (χ2n) is 7.68. The quantitative estimate of drug-likeness (QED) is 0.330. The van der Waals surface area contributed by atoms with Crippen molar-refractivity contribution in [1.82, 2.24) is 19.6 Å². The van der Waals surface area contributed by atoms with Gasteiger partial charge in [0.05, 0.1) is 11.0 Å². The number of Topliss-reactive ketones (excluding diaryl/α,β-unsaturated/α-hetero) is 1. The van der Waals surface area contributed by atoms with Gasteiger partial charge in [0.25, 0.3) is 5.56 Å². The number of nitrogens with zero attached hydrogens (tertiary/aromatic N) is 3. The molecular formula is C24H26N4O2. The maximum Gasteiger partial charge on any atom is 0.294 e. The molecule has 0 amide bonds. The number of hydrogen-bond acceptors (Lipinski definition) is 4. The van der Waals surface area contributed by atoms with E-state index < -0.39 is 0 Å². The molecule has 0 fully saturated rings. The Labute approximate surface area is 175 Å². The van der Waals surface area contributed by atoms with Crippen LogP contribution in [0.2, 0.25) is 0 Å². The van der Waals surface area contributed by atoms with Gasteiger partial charge in [-0.2, -0.15) is 0 Å². The second-order valence-corrected chi connectivity index (χ2v) is 7.68. The van der Waals surface area contributed by atoms with Crippen LogP contribution in [0.4, 0.5) is 0 Å². The minimum atomic E-state index is -0.289. The van der Waals surface area contributed by atoms with Crippen molar-refractivity contribution in [3.63, 3.8) is 0 Å². The Kier molecular flexibility index (Phi) is 6.02. The lowest BCUT2D eigenvalue weighted by atomic mass is 10.0. The summed E-state index contributed by atoms with van der Waals surface area (Å²) in [7, 11) is 0. The van der Waals surface area contributed by atoms with Crippen LogP contribution in [-0.4, -0.2) is 25.4 Å². The van der Waals surface area contributed by atoms with Gasteiger partial charge in [-0.05, 0) is 49.4 Å². The predicted molar refractivity (Wildman–Crippen MR) is 118 cm³/mol. The molecule has 6 heteroatoms. The Balaban J connectivity index is 1.45. The fourth-order valence-corrected chi connectivity index (χ4v) is 3.87. The molecule has 0 spiro atoms. The summed E-state index contributed by atoms with van der Waals surface area (Å²) in [6.45, 7) is 2.06. The molecule has 0 atom stereocenters. The van der Waals surface area contributed by atoms with Crippen LogP contribution in [0.15, 0.2) is 53.3 Å². The van der Waals surface area contributed by atoms with E-state index in [0.717, 1.165) is 49.9 Å². The molecule has 1 N–H and O–H groups in total. The molecule has 2 heterocycles. The van der Waals surface area contributed by atoms with Gasteiger partial charge in [-0.1, -0.05) is 43.7 Å². The zero-order valence-corrected chi connectivity index (χ0v) is 17.2. The van der Waals surface area contributed by atoms with Crippen molar-refractivity contribution in [1.29, 1.82) is 0 Å². The lowest BCUT2D eigenvalue weighted by Gasteiger charge is -2.07. The smallest absolute Gasteiger partial charge is 0.294 e. The van der Waals surface area contributed by atoms with E-state index in [0.29, 0.717) is 23.1 Å². The van der Waals surface area contributed by atoms with Gasteiger partial charge in [-0.25, -0.2) is 0 Å². The van der Waals surface area contributed by atoms with E-state index in [-0.39, 0.29) is 11.3 Å². The van der Waals surface area contributed by atoms with Crippen LogP contribution in [0.25, 0.3) is 16.7 Å². The Morgan fingerprint density at radius 2 is 1.83 bits per heavy atom. The summed E-state index contributed by atoms with van der Waals surface area (Å²) in [5.74, 6) is 0.871. The number of unbranched alkanes of at least 4 members (excludes halogenated alkanes) is 2. The third-order valence-electron chi connectivity index (χ3n) is 5.43. The number of benzene rings is 2. The number of ketones is 1. The molecule has 0 unspecified atom stereocenters. The summed E-state index contributed by atoms with van der Waals surface area (Å²) in [6.07, 6.45) is 6.17. The number of hydrogen-bond donors (Lipinski definition) is 1. The molecular weight excluding hydrogens is 376 g/mol. The van der Waals surface area contributed by atoms with Crippen molar-refractivity contribution in [3.05, 3.63) is 75.8 Å². The number of aromatic nitrogens is 4. The van der Waals surface area contributed by atoms with Crippen LogP contribution in [0.3, 0.4) is 0 Å². The minimum absolute atomic E-state index is 0.107. The van der Waals surface area contributed by atoms with Crippen LogP contribution >= 0.6 is 0 Å². The van der Waals surface area contributed by atoms with E-state index in [1.54, 1.807) is 10.5 Å². The number of fused-ring (bicyclic) bond motifs is 3. The molecule has 0 aliphatic rings. The van der Waals surface area contributed by atoms with Crippen molar-refractivity contribution >= 4 is 22.5 Å². The zero-order valence-electron chi connectivity index (χ0n) is 17.2. The largest absolute Gasteiger partial charge is 0.317 e. The van der Waals surface area contributed by atoms with Gasteiger partial charge in [-0.3, -0.25) is 14.0 Å². The first-order valence-electron chi connectivity index (χ1n) is 10.6. The molecule has 0 aliphatic heterocycles. The van der Waals surface area contributed by atoms with E-state index in [2.05, 4.69) is 46.4 Å². The predicted octanol–water partition coefficient (Wildman–Crippen LogP) is 4.51. The summed E-state index contributed by atoms with van der Waals surface area (Å²) < 4.78 is 1.80. The Morgan fingerprint density at radius 1 is 1.00 bits per heavy atom. The van der Waals surface area contributed by atoms with Crippen LogP contribution in [0, 0.1) is 0 Å². The first-order valence-corrected chi connectivity index (χ1v) is 10.6. The van der Waals surface area contributed by atoms with Crippen molar-refractivity contribution in [3.8, 4) is 0 Å². The lowest BCUT2D eigenvalue weighted by Crippen LogP contribution is -2.12. The monoisotopic (exact) mass is 402 g/mol. The third-order valence-corrected chi connectivity index (χ3v) is 5.43. The van der Waals surface area contributed by atoms with Crippen molar-refractivity contribution < 1.29 is 4.79 Å². The molecule has 154 valence electrons. The van der Waals surface area contributed by atoms with Crippen molar-refractivity contribution in [2.45, 2.75) is 51.9 Å². The summed E-state index contributed by atoms with van der Waals surface area (Å²) in [5.41, 5.74) is 3.43. The number of H-pyrrole nitrogens is 1. The Hall–Kier alpha value is -3.28. The first kappa shape index (κ1) is 20.0. The molecule has 4 aromatic rings. The lowest BCUT2D eigenvalue weighted by molar-refractivity contribution is 0.0979. The van der Waals surface area contributed by atoms with Crippen LogP contribution < -0.4 is 5.56 Å². The highest BCUT2D eigenvalue weighted by Crippen LogP contribution is 2.18. The topological polar surface area (TPSA) is 80.1 Å². The van der Waals surface area contributed by atoms with Crippen LogP contribution in [-0.2, 0) is 12.8 Å². The highest BCUT2D eigenvalue weighted by Gasteiger charge is 2.14. The van der Waals surface area contributed by atoms with Gasteiger partial charge in [0, 0.05) is 18.4 Å². The number of aromatic amines is 1. The van der Waals surface area contributed by atoms with E-state index in [4.69, 9.17) is 0 Å². The van der Waals surface area contributed by atoms with E-state index in [1.807, 2.05) is 18.2 Å². The molecule has 2 aromatic carbocycles. The van der Waals surface area contributed by atoms with E-state index in [9.17, 15) is 9.59 Å². The SMILES string of the molecule is CCCc1nnc2c(=O)[nH]c3cc(C(=O)CCCCCc4ccccc4)ccc3n12. The van der Waals surface area contributed by atoms with Gasteiger partial charge in [0.2, 0.25) is 5.65 Å². The van der Waals surface area contributed by atoms with Gasteiger partial charge < -0.3 is 4.98 Å². The normalized spacial score (nSPS) is 11.4. The summed E-state index contributed by atoms with van der Waals surface area (Å²) in [4.78, 5) is 27.9. The maximum absolute atomic E-state index is 12.7. The molecule has 0 radical (unpaired) electrons. The van der Waals surface area contributed by atoms with Crippen molar-refractivity contribution in [2.75, 3.05) is 0 Å². The maximum atomic E-state index is 12.7. The number of rotatable bonds is 9. The second kappa shape index (κ2) is 9.03. The molecule has 6 nitrogen and oxygen atoms in total. The molecule has 0 aliphatic carbocycles. The van der Waals surface area contributed by atoms with Gasteiger partial charge in [0.15, 0.2) is 5.78 Å². The molecule has 0 bridgehead atoms. The van der Waals surface area contributed by atoms with E-state index >= 15 is 0 Å². The molecule has 0 saturated heterocycles. The van der Waals surface area contributed by atoms with E-state index in [1.165, 1.54) is 5.56 Å². The number of carbonyl (C=O) groups is 1. The van der Waals surface area contributed by atoms with Gasteiger partial charge >= 0.3 is 0 Å². The molecule has 4 rings (SSSR count). The summed E-state index contributed by atoms with van der Waals surface area (Å²) in [6, 6.07) is 15.9. The highest BCUT2D eigenvalue weighted by molar-refractivity contribution is 5.99. The van der Waals surface area contributed by atoms with Crippen LogP contribution in [0.5, 0.6) is 0 Å². The number of nitrogens with one attached hydrogen (secondary N) is 1. The Morgan fingerprint density at radius 3 is 2.63 bits per heavy atom. The average Bonchev–Trinajstić information content (AvgIpc) is 3.19. The molecule has 0 saturated carbocycles. The number of aryl methyl sites for hydroxylation is 2. The summed E-state index contributed by atoms with van der Waals surface area (Å²) >= 11 is 0. The standard InChI is InChI=1S/C24H26N4O2/c1-2-9-22-26-27-23-24(30)25-19-16-18(14-15-20(19)28(22)23)21(29)13-8-4-7-12-17-10-5-3-6-11-17/h3,5-6,10-11,14-16H,2,4,7-9,12-13H2,1H3,(H,25,30). The van der Waals surface area contributed by atoms with Gasteiger partial charge in [0.1, 0.15) is 5.82 Å². The molecule has 2 aromatic heterocycles. The highest BCUT2D eigenvalue weighted by atomic mass is 16.1. The minimum Gasteiger partial charge on any atom is -0.317 e. The van der Waals surface area contributed by atoms with Crippen molar-refractivity contribution in [2.24, 2.45) is 0 Å². The van der Waals surface area contributed by atoms with Crippen LogP contribution in [0.1, 0.15) is 60.8 Å². The zero-order chi connectivity index (χ0) is 20.9. The number of carbonyl (C=O) groups excluding carboxylic acids is 1. The average molecular weight is 402 g/mol. The third kappa shape index (κ3) is 4.17. The Bertz CT molecular complexity index is 1220. The fraction of sp³-hybridized carbons (Fsp3) is 0.333. The fourth-order valence-electron chi connectivity index (χ4n) is 3.87.